The second-order valence-corrected chi connectivity index (χ2v) is 7.94. The highest BCUT2D eigenvalue weighted by atomic mass is 16.5. The standard InChI is InChI=1S/C24H26N4O4/c1-16-4-3-5-19(12-16)25-22(29)15-28-23(30)21(26-24(28)31)14-18-6-7-20(13-17(18)2)27-8-10-32-11-9-27/h3-7,12-14H,8-11,15H2,1-2H3,(H,25,29)(H,26,31)/b21-14-. The molecule has 2 saturated heterocycles. The van der Waals surface area contributed by atoms with Gasteiger partial charge in [-0.15, -0.1) is 0 Å². The van der Waals surface area contributed by atoms with E-state index < -0.39 is 17.8 Å². The number of amides is 4. The van der Waals surface area contributed by atoms with Crippen molar-refractivity contribution in [2.24, 2.45) is 0 Å². The van der Waals surface area contributed by atoms with Crippen molar-refractivity contribution in [3.05, 3.63) is 64.9 Å². The van der Waals surface area contributed by atoms with E-state index in [9.17, 15) is 14.4 Å². The van der Waals surface area contributed by atoms with Crippen LogP contribution in [0.2, 0.25) is 0 Å². The number of imide groups is 1. The van der Waals surface area contributed by atoms with Crippen molar-refractivity contribution in [1.29, 1.82) is 0 Å². The van der Waals surface area contributed by atoms with E-state index in [0.29, 0.717) is 18.9 Å². The molecule has 32 heavy (non-hydrogen) atoms. The second kappa shape index (κ2) is 9.23. The van der Waals surface area contributed by atoms with Crippen LogP contribution in [0.25, 0.3) is 6.08 Å². The average Bonchev–Trinajstić information content (AvgIpc) is 3.03. The maximum absolute atomic E-state index is 12.8. The third-order valence-corrected chi connectivity index (χ3v) is 5.50. The van der Waals surface area contributed by atoms with Gasteiger partial charge >= 0.3 is 6.03 Å². The summed E-state index contributed by atoms with van der Waals surface area (Å²) in [6.07, 6.45) is 1.65. The molecule has 8 nitrogen and oxygen atoms in total. The van der Waals surface area contributed by atoms with Gasteiger partial charge in [0.25, 0.3) is 5.91 Å². The van der Waals surface area contributed by atoms with Crippen LogP contribution in [-0.2, 0) is 14.3 Å². The fraction of sp³-hybridized carbons (Fsp3) is 0.292. The molecule has 0 aliphatic carbocycles. The highest BCUT2D eigenvalue weighted by Crippen LogP contribution is 2.23. The zero-order valence-corrected chi connectivity index (χ0v) is 18.2. The molecule has 0 saturated carbocycles. The number of rotatable bonds is 5. The number of nitrogens with zero attached hydrogens (tertiary/aromatic N) is 2. The largest absolute Gasteiger partial charge is 0.378 e. The van der Waals surface area contributed by atoms with Gasteiger partial charge in [0.05, 0.1) is 13.2 Å². The van der Waals surface area contributed by atoms with Gasteiger partial charge in [0.1, 0.15) is 12.2 Å². The number of hydrogen-bond donors (Lipinski definition) is 2. The van der Waals surface area contributed by atoms with Crippen LogP contribution in [0.1, 0.15) is 16.7 Å². The Morgan fingerprint density at radius 1 is 1.12 bits per heavy atom. The fourth-order valence-corrected chi connectivity index (χ4v) is 3.78. The van der Waals surface area contributed by atoms with Gasteiger partial charge in [-0.3, -0.25) is 9.59 Å². The number of carbonyl (C=O) groups is 3. The molecule has 4 rings (SSSR count). The van der Waals surface area contributed by atoms with Gasteiger partial charge in [0, 0.05) is 24.5 Å². The average molecular weight is 434 g/mol. The number of aryl methyl sites for hydroxylation is 2. The van der Waals surface area contributed by atoms with Gasteiger partial charge in [0.15, 0.2) is 0 Å². The van der Waals surface area contributed by atoms with Gasteiger partial charge in [-0.1, -0.05) is 18.2 Å². The molecule has 0 spiro atoms. The Morgan fingerprint density at radius 2 is 1.91 bits per heavy atom. The Labute approximate surface area is 186 Å². The maximum atomic E-state index is 12.8. The van der Waals surface area contributed by atoms with E-state index in [-0.39, 0.29) is 12.2 Å². The summed E-state index contributed by atoms with van der Waals surface area (Å²) in [6, 6.07) is 12.7. The maximum Gasteiger partial charge on any atom is 0.329 e. The molecule has 8 heteroatoms. The molecule has 2 aromatic rings. The van der Waals surface area contributed by atoms with Crippen molar-refractivity contribution in [2.75, 3.05) is 43.1 Å². The Morgan fingerprint density at radius 3 is 2.62 bits per heavy atom. The summed E-state index contributed by atoms with van der Waals surface area (Å²) in [7, 11) is 0. The molecule has 2 aromatic carbocycles. The molecule has 2 heterocycles. The summed E-state index contributed by atoms with van der Waals surface area (Å²) < 4.78 is 5.40. The Hall–Kier alpha value is -3.65. The number of carbonyl (C=O) groups excluding carboxylic acids is 3. The van der Waals surface area contributed by atoms with E-state index in [1.54, 1.807) is 12.1 Å². The monoisotopic (exact) mass is 434 g/mol. The molecule has 166 valence electrons. The number of benzene rings is 2. The minimum Gasteiger partial charge on any atom is -0.378 e. The molecule has 2 aliphatic heterocycles. The van der Waals surface area contributed by atoms with E-state index in [2.05, 4.69) is 21.6 Å². The van der Waals surface area contributed by atoms with E-state index in [1.807, 2.05) is 44.2 Å². The number of anilines is 2. The van der Waals surface area contributed by atoms with Gasteiger partial charge in [-0.05, 0) is 60.9 Å². The summed E-state index contributed by atoms with van der Waals surface area (Å²) in [5.41, 5.74) is 4.69. The smallest absolute Gasteiger partial charge is 0.329 e. The Balaban J connectivity index is 1.44. The lowest BCUT2D eigenvalue weighted by atomic mass is 10.1. The number of nitrogens with one attached hydrogen (secondary N) is 2. The van der Waals surface area contributed by atoms with Crippen LogP contribution in [0.4, 0.5) is 16.2 Å². The highest BCUT2D eigenvalue weighted by molar-refractivity contribution is 6.16. The van der Waals surface area contributed by atoms with Crippen molar-refractivity contribution in [2.45, 2.75) is 13.8 Å². The van der Waals surface area contributed by atoms with Gasteiger partial charge in [-0.2, -0.15) is 0 Å². The van der Waals surface area contributed by atoms with Crippen molar-refractivity contribution in [3.63, 3.8) is 0 Å². The molecule has 0 atom stereocenters. The van der Waals surface area contributed by atoms with Crippen LogP contribution in [0.3, 0.4) is 0 Å². The van der Waals surface area contributed by atoms with Gasteiger partial charge in [0.2, 0.25) is 5.91 Å². The SMILES string of the molecule is Cc1cccc(NC(=O)CN2C(=O)N/C(=C\c3ccc(N4CCOCC4)cc3C)C2=O)c1. The highest BCUT2D eigenvalue weighted by Gasteiger charge is 2.35. The molecule has 2 N–H and O–H groups in total. The first-order valence-electron chi connectivity index (χ1n) is 10.5. The lowest BCUT2D eigenvalue weighted by molar-refractivity contribution is -0.127. The molecule has 2 aliphatic rings. The third kappa shape index (κ3) is 4.81. The number of hydrogen-bond acceptors (Lipinski definition) is 5. The van der Waals surface area contributed by atoms with Crippen molar-refractivity contribution < 1.29 is 19.1 Å². The molecular weight excluding hydrogens is 408 g/mol. The molecule has 2 fully saturated rings. The van der Waals surface area contributed by atoms with E-state index in [1.165, 1.54) is 0 Å². The zero-order chi connectivity index (χ0) is 22.7. The predicted octanol–water partition coefficient (Wildman–Crippen LogP) is 2.67. The van der Waals surface area contributed by atoms with E-state index in [4.69, 9.17) is 4.74 Å². The molecule has 0 bridgehead atoms. The number of morpholine rings is 1. The van der Waals surface area contributed by atoms with E-state index in [0.717, 1.165) is 40.4 Å². The summed E-state index contributed by atoms with van der Waals surface area (Å²) >= 11 is 0. The Kier molecular flexibility index (Phi) is 6.23. The summed E-state index contributed by atoms with van der Waals surface area (Å²) in [4.78, 5) is 40.6. The Bertz CT molecular complexity index is 1090. The van der Waals surface area contributed by atoms with Gasteiger partial charge < -0.3 is 20.3 Å². The summed E-state index contributed by atoms with van der Waals surface area (Å²) in [6.45, 7) is 6.62. The van der Waals surface area contributed by atoms with Crippen molar-refractivity contribution >= 4 is 35.3 Å². The normalized spacial score (nSPS) is 17.6. The first-order chi connectivity index (χ1) is 15.4. The third-order valence-electron chi connectivity index (χ3n) is 5.50. The van der Waals surface area contributed by atoms with Crippen LogP contribution in [0.5, 0.6) is 0 Å². The lowest BCUT2D eigenvalue weighted by Gasteiger charge is -2.29. The summed E-state index contributed by atoms with van der Waals surface area (Å²) in [5.74, 6) is -0.961. The molecular formula is C24H26N4O4. The molecule has 4 amide bonds. The van der Waals surface area contributed by atoms with Crippen LogP contribution >= 0.6 is 0 Å². The predicted molar refractivity (Wildman–Crippen MR) is 122 cm³/mol. The van der Waals surface area contributed by atoms with E-state index >= 15 is 0 Å². The first kappa shape index (κ1) is 21.6. The summed E-state index contributed by atoms with van der Waals surface area (Å²) in [5, 5.41) is 5.29. The number of urea groups is 1. The quantitative estimate of drug-likeness (QED) is 0.558. The minimum atomic E-state index is -0.608. The number of ether oxygens (including phenoxy) is 1. The molecule has 0 radical (unpaired) electrons. The van der Waals surface area contributed by atoms with Crippen molar-refractivity contribution in [1.82, 2.24) is 10.2 Å². The lowest BCUT2D eigenvalue weighted by Crippen LogP contribution is -2.38. The minimum absolute atomic E-state index is 0.153. The molecule has 0 aromatic heterocycles. The van der Waals surface area contributed by atoms with Crippen molar-refractivity contribution in [3.8, 4) is 0 Å². The molecule has 0 unspecified atom stereocenters. The van der Waals surface area contributed by atoms with Crippen LogP contribution < -0.4 is 15.5 Å². The second-order valence-electron chi connectivity index (χ2n) is 7.94. The van der Waals surface area contributed by atoms with Crippen LogP contribution in [-0.4, -0.2) is 55.6 Å². The topological polar surface area (TPSA) is 91.0 Å². The fourth-order valence-electron chi connectivity index (χ4n) is 3.78. The van der Waals surface area contributed by atoms with Crippen LogP contribution in [0, 0.1) is 13.8 Å². The zero-order valence-electron chi connectivity index (χ0n) is 18.2. The first-order valence-corrected chi connectivity index (χ1v) is 10.5. The van der Waals surface area contributed by atoms with Gasteiger partial charge in [-0.25, -0.2) is 9.69 Å². The van der Waals surface area contributed by atoms with Crippen LogP contribution in [0.15, 0.2) is 48.2 Å².